The molecule has 3 aliphatic heterocycles. The van der Waals surface area contributed by atoms with E-state index in [2.05, 4.69) is 10.2 Å². The summed E-state index contributed by atoms with van der Waals surface area (Å²) in [6, 6.07) is 19.3. The van der Waals surface area contributed by atoms with Gasteiger partial charge in [-0.25, -0.2) is 4.68 Å². The van der Waals surface area contributed by atoms with Crippen molar-refractivity contribution in [1.82, 2.24) is 19.6 Å². The highest BCUT2D eigenvalue weighted by molar-refractivity contribution is 5.95. The Hall–Kier alpha value is -4.35. The summed E-state index contributed by atoms with van der Waals surface area (Å²) in [5, 5.41) is 12.7. The topological polar surface area (TPSA) is 118 Å². The molecule has 2 N–H and O–H groups in total. The number of allylic oxidation sites excluding steroid dienone is 1. The van der Waals surface area contributed by atoms with Gasteiger partial charge in [-0.1, -0.05) is 36.4 Å². The number of nitrogens with zero attached hydrogens (tertiary/aromatic N) is 4. The number of amides is 2. The second kappa shape index (κ2) is 13.2. The summed E-state index contributed by atoms with van der Waals surface area (Å²) in [4.78, 5) is 45.3. The van der Waals surface area contributed by atoms with E-state index in [1.54, 1.807) is 15.7 Å². The molecule has 11 heteroatoms. The summed E-state index contributed by atoms with van der Waals surface area (Å²) in [6.45, 7) is 5.30. The molecule has 1 aromatic heterocycles. The normalized spacial score (nSPS) is 22.5. The highest BCUT2D eigenvalue weighted by Gasteiger charge is 2.51. The molecule has 11 nitrogen and oxygen atoms in total. The van der Waals surface area contributed by atoms with Crippen molar-refractivity contribution in [3.05, 3.63) is 94.1 Å². The molecule has 6 rings (SSSR count). The zero-order valence-electron chi connectivity index (χ0n) is 26.7. The molecule has 3 aliphatic rings. The molecule has 0 radical (unpaired) electrons. The van der Waals surface area contributed by atoms with Gasteiger partial charge in [-0.05, 0) is 69.9 Å². The summed E-state index contributed by atoms with van der Waals surface area (Å²) in [5.41, 5.74) is 2.17. The summed E-state index contributed by atoms with van der Waals surface area (Å²) in [5.74, 6) is -0.942. The number of carbonyl (C=O) groups is 2. The van der Waals surface area contributed by atoms with Gasteiger partial charge in [0.15, 0.2) is 5.76 Å². The van der Waals surface area contributed by atoms with Crippen molar-refractivity contribution in [1.29, 1.82) is 0 Å². The molecular weight excluding hydrogens is 586 g/mol. The van der Waals surface area contributed by atoms with Crippen molar-refractivity contribution in [3.8, 4) is 5.69 Å². The molecule has 0 aliphatic carbocycles. The first-order chi connectivity index (χ1) is 22.3. The summed E-state index contributed by atoms with van der Waals surface area (Å²) < 4.78 is 15.9. The van der Waals surface area contributed by atoms with E-state index < -0.39 is 17.7 Å². The first-order valence-corrected chi connectivity index (χ1v) is 16.2. The number of carbonyl (C=O) groups excluding carboxylic acids is 2. The van der Waals surface area contributed by atoms with Gasteiger partial charge in [0.05, 0.1) is 12.4 Å². The SMILES string of the molecule is CCO[C@@H]1OC(C(=O)N2CCC3(CC2)C(=O)NCN3c2ccccc2)=C[C@H](c2c(C)n(C)n(-c3ccccc3)c2=O)[C@H]1CCCO. The number of para-hydroxylation sites is 2. The number of aliphatic hydroxyl groups excluding tert-OH is 1. The zero-order chi connectivity index (χ0) is 32.4. The van der Waals surface area contributed by atoms with E-state index in [1.807, 2.05) is 86.2 Å². The Morgan fingerprint density at radius 3 is 2.33 bits per heavy atom. The number of aromatic nitrogens is 2. The van der Waals surface area contributed by atoms with Crippen LogP contribution in [0.25, 0.3) is 5.69 Å². The van der Waals surface area contributed by atoms with Crippen LogP contribution in [0.15, 0.2) is 77.3 Å². The van der Waals surface area contributed by atoms with Gasteiger partial charge in [-0.15, -0.1) is 0 Å². The number of rotatable bonds is 9. The summed E-state index contributed by atoms with van der Waals surface area (Å²) >= 11 is 0. The lowest BCUT2D eigenvalue weighted by molar-refractivity contribution is -0.171. The van der Waals surface area contributed by atoms with Crippen molar-refractivity contribution >= 4 is 17.5 Å². The zero-order valence-corrected chi connectivity index (χ0v) is 26.7. The second-order valence-electron chi connectivity index (χ2n) is 12.3. The Kier molecular flexibility index (Phi) is 9.06. The molecule has 2 aromatic carbocycles. The Labute approximate surface area is 269 Å². The van der Waals surface area contributed by atoms with Gasteiger partial charge in [-0.2, -0.15) is 0 Å². The fourth-order valence-electron chi connectivity index (χ4n) is 7.33. The number of ether oxygens (including phenoxy) is 2. The Morgan fingerprint density at radius 2 is 1.70 bits per heavy atom. The Balaban J connectivity index is 1.32. The maximum Gasteiger partial charge on any atom is 0.288 e. The number of piperidine rings is 1. The van der Waals surface area contributed by atoms with Gasteiger partial charge < -0.3 is 29.7 Å². The number of nitrogens with one attached hydrogen (secondary N) is 1. The second-order valence-corrected chi connectivity index (χ2v) is 12.3. The van der Waals surface area contributed by atoms with Crippen LogP contribution in [0.2, 0.25) is 0 Å². The average Bonchev–Trinajstić information content (AvgIpc) is 3.51. The van der Waals surface area contributed by atoms with Crippen molar-refractivity contribution < 1.29 is 24.2 Å². The van der Waals surface area contributed by atoms with E-state index in [4.69, 9.17) is 9.47 Å². The predicted molar refractivity (Wildman–Crippen MR) is 173 cm³/mol. The van der Waals surface area contributed by atoms with Crippen LogP contribution in [0.5, 0.6) is 0 Å². The van der Waals surface area contributed by atoms with Gasteiger partial charge in [0, 0.05) is 62.1 Å². The number of hydrogen-bond acceptors (Lipinski definition) is 7. The Morgan fingerprint density at radius 1 is 1.04 bits per heavy atom. The average molecular weight is 630 g/mol. The van der Waals surface area contributed by atoms with E-state index in [9.17, 15) is 19.5 Å². The van der Waals surface area contributed by atoms with Gasteiger partial charge in [0.1, 0.15) is 5.54 Å². The van der Waals surface area contributed by atoms with Crippen LogP contribution < -0.4 is 15.8 Å². The van der Waals surface area contributed by atoms with Crippen molar-refractivity contribution in [2.24, 2.45) is 13.0 Å². The fourth-order valence-corrected chi connectivity index (χ4v) is 7.33. The van der Waals surface area contributed by atoms with Gasteiger partial charge in [0.25, 0.3) is 11.5 Å². The number of aliphatic hydroxyl groups is 1. The minimum Gasteiger partial charge on any atom is -0.459 e. The predicted octanol–water partition coefficient (Wildman–Crippen LogP) is 3.19. The van der Waals surface area contributed by atoms with E-state index in [0.717, 1.165) is 17.1 Å². The van der Waals surface area contributed by atoms with Crippen molar-refractivity contribution in [2.75, 3.05) is 37.9 Å². The van der Waals surface area contributed by atoms with Gasteiger partial charge in [-0.3, -0.25) is 19.1 Å². The lowest BCUT2D eigenvalue weighted by Crippen LogP contribution is -2.57. The molecule has 0 unspecified atom stereocenters. The monoisotopic (exact) mass is 629 g/mol. The van der Waals surface area contributed by atoms with E-state index in [1.165, 1.54) is 0 Å². The van der Waals surface area contributed by atoms with Gasteiger partial charge in [0.2, 0.25) is 12.2 Å². The third kappa shape index (κ3) is 5.51. The Bertz CT molecular complexity index is 1640. The minimum absolute atomic E-state index is 0.0112. The third-order valence-electron chi connectivity index (χ3n) is 9.84. The van der Waals surface area contributed by atoms with E-state index in [-0.39, 0.29) is 35.7 Å². The smallest absolute Gasteiger partial charge is 0.288 e. The fraction of sp³-hybridized carbons (Fsp3) is 0.457. The summed E-state index contributed by atoms with van der Waals surface area (Å²) in [7, 11) is 1.85. The molecule has 2 amide bonds. The molecule has 3 aromatic rings. The molecule has 244 valence electrons. The molecule has 2 saturated heterocycles. The van der Waals surface area contributed by atoms with Crippen molar-refractivity contribution in [2.45, 2.75) is 57.3 Å². The number of hydrogen-bond donors (Lipinski definition) is 2. The number of anilines is 1. The highest BCUT2D eigenvalue weighted by atomic mass is 16.7. The maximum absolute atomic E-state index is 14.1. The third-order valence-corrected chi connectivity index (χ3v) is 9.84. The molecule has 46 heavy (non-hydrogen) atoms. The molecule has 2 fully saturated rings. The first-order valence-electron chi connectivity index (χ1n) is 16.2. The maximum atomic E-state index is 14.1. The highest BCUT2D eigenvalue weighted by Crippen LogP contribution is 2.41. The molecule has 0 saturated carbocycles. The van der Waals surface area contributed by atoms with Crippen LogP contribution >= 0.6 is 0 Å². The first kappa shape index (κ1) is 31.6. The largest absolute Gasteiger partial charge is 0.459 e. The van der Waals surface area contributed by atoms with Crippen LogP contribution in [0.4, 0.5) is 5.69 Å². The van der Waals surface area contributed by atoms with E-state index in [0.29, 0.717) is 57.6 Å². The van der Waals surface area contributed by atoms with E-state index >= 15 is 0 Å². The van der Waals surface area contributed by atoms with Crippen LogP contribution in [0.1, 0.15) is 49.8 Å². The quantitative estimate of drug-likeness (QED) is 0.373. The van der Waals surface area contributed by atoms with Crippen LogP contribution in [0, 0.1) is 12.8 Å². The van der Waals surface area contributed by atoms with Gasteiger partial charge >= 0.3 is 0 Å². The molecule has 4 heterocycles. The van der Waals surface area contributed by atoms with Crippen LogP contribution in [0.3, 0.4) is 0 Å². The molecule has 0 bridgehead atoms. The summed E-state index contributed by atoms with van der Waals surface area (Å²) in [6.07, 6.45) is 2.99. The molecule has 1 spiro atoms. The standard InChI is InChI=1S/C35H43N5O6/c1-4-45-33-27(16-11-21-41)28(30-24(2)37(3)40(32(30)43)26-14-9-6-10-15-26)22-29(46-33)31(42)38-19-17-35(18-20-38)34(44)36-23-39(35)25-12-7-5-8-13-25/h5-10,12-15,22,27-28,33,41H,4,11,16-21,23H2,1-3H3,(H,36,44)/t27-,28+,33-/m1/s1. The molecular formula is C35H43N5O6. The lowest BCUT2D eigenvalue weighted by Gasteiger charge is -2.44. The van der Waals surface area contributed by atoms with Crippen molar-refractivity contribution in [3.63, 3.8) is 0 Å². The number of benzene rings is 2. The number of likely N-dealkylation sites (tertiary alicyclic amines) is 1. The minimum atomic E-state index is -0.778. The van der Waals surface area contributed by atoms with Crippen LogP contribution in [-0.4, -0.2) is 76.0 Å². The molecule has 3 atom stereocenters. The van der Waals surface area contributed by atoms with Crippen LogP contribution in [-0.2, 0) is 26.1 Å². The lowest BCUT2D eigenvalue weighted by atomic mass is 9.80.